The van der Waals surface area contributed by atoms with Gasteiger partial charge in [0, 0.05) is 17.3 Å². The van der Waals surface area contributed by atoms with Crippen LogP contribution < -0.4 is 0 Å². The van der Waals surface area contributed by atoms with Gasteiger partial charge in [0.25, 0.3) is 0 Å². The fraction of sp³-hybridized carbons (Fsp3) is 0.0385. The molecule has 0 aliphatic carbocycles. The van der Waals surface area contributed by atoms with Crippen molar-refractivity contribution < 1.29 is 0 Å². The third-order valence-corrected chi connectivity index (χ3v) is 9.24. The molecule has 0 spiro atoms. The zero-order chi connectivity index (χ0) is 37.0. The number of allylic oxidation sites excluding steroid dienone is 6. The van der Waals surface area contributed by atoms with Gasteiger partial charge in [0.1, 0.15) is 0 Å². The summed E-state index contributed by atoms with van der Waals surface area (Å²) in [5.41, 5.74) is 14.3. The molecule has 0 radical (unpaired) electrons. The van der Waals surface area contributed by atoms with Crippen LogP contribution in [0.5, 0.6) is 0 Å². The van der Waals surface area contributed by atoms with Gasteiger partial charge in [-0.25, -0.2) is 9.97 Å². The summed E-state index contributed by atoms with van der Waals surface area (Å²) in [7, 11) is 0. The number of rotatable bonds is 13. The minimum absolute atomic E-state index is 0.634. The summed E-state index contributed by atoms with van der Waals surface area (Å²) in [5, 5.41) is 0. The van der Waals surface area contributed by atoms with Crippen LogP contribution in [0.4, 0.5) is 0 Å². The summed E-state index contributed by atoms with van der Waals surface area (Å²) >= 11 is 0. The number of hydrogen-bond donors (Lipinski definition) is 0. The van der Waals surface area contributed by atoms with Crippen LogP contribution in [0.3, 0.4) is 0 Å². The van der Waals surface area contributed by atoms with Crippen LogP contribution in [0.25, 0.3) is 73.5 Å². The van der Waals surface area contributed by atoms with E-state index in [0.29, 0.717) is 5.82 Å². The Morgan fingerprint density at radius 3 is 1.54 bits per heavy atom. The van der Waals surface area contributed by atoms with Crippen molar-refractivity contribution in [3.63, 3.8) is 0 Å². The Labute approximate surface area is 319 Å². The van der Waals surface area contributed by atoms with Gasteiger partial charge in [-0.2, -0.15) is 0 Å². The first kappa shape index (κ1) is 35.5. The van der Waals surface area contributed by atoms with Gasteiger partial charge in [-0.3, -0.25) is 0 Å². The highest BCUT2D eigenvalue weighted by Crippen LogP contribution is 2.33. The average Bonchev–Trinajstić information content (AvgIpc) is 3.24. The molecular weight excluding hydrogens is 653 g/mol. The molecule has 2 nitrogen and oxygen atoms in total. The first-order valence-corrected chi connectivity index (χ1v) is 18.4. The first-order chi connectivity index (χ1) is 26.7. The highest BCUT2D eigenvalue weighted by atomic mass is 14.9. The van der Waals surface area contributed by atoms with Gasteiger partial charge in [-0.15, -0.1) is 6.58 Å². The molecule has 0 aliphatic rings. The molecule has 0 atom stereocenters. The number of hydrogen-bond acceptors (Lipinski definition) is 2. The normalized spacial score (nSPS) is 11.6. The van der Waals surface area contributed by atoms with E-state index in [0.717, 1.165) is 57.5 Å². The lowest BCUT2D eigenvalue weighted by Crippen LogP contribution is -1.95. The van der Waals surface area contributed by atoms with Crippen molar-refractivity contribution in [3.8, 4) is 55.8 Å². The molecule has 0 N–H and O–H groups in total. The first-order valence-electron chi connectivity index (χ1n) is 18.4. The molecule has 0 saturated heterocycles. The second-order valence-electron chi connectivity index (χ2n) is 13.1. The summed E-state index contributed by atoms with van der Waals surface area (Å²) in [6.07, 6.45) is 18.1. The maximum atomic E-state index is 5.08. The van der Waals surface area contributed by atoms with E-state index in [2.05, 4.69) is 177 Å². The molecule has 54 heavy (non-hydrogen) atoms. The quantitative estimate of drug-likeness (QED) is 0.0682. The van der Waals surface area contributed by atoms with Crippen molar-refractivity contribution in [2.45, 2.75) is 12.8 Å². The Morgan fingerprint density at radius 2 is 0.981 bits per heavy atom. The van der Waals surface area contributed by atoms with Gasteiger partial charge in [0.2, 0.25) is 0 Å². The van der Waals surface area contributed by atoms with Gasteiger partial charge >= 0.3 is 0 Å². The molecule has 260 valence electrons. The summed E-state index contributed by atoms with van der Waals surface area (Å²) in [6.45, 7) is 7.87. The Hall–Kier alpha value is -6.90. The monoisotopic (exact) mass is 694 g/mol. The molecule has 1 heterocycles. The zero-order valence-corrected chi connectivity index (χ0v) is 30.4. The molecule has 0 saturated carbocycles. The molecule has 0 amide bonds. The lowest BCUT2D eigenvalue weighted by Gasteiger charge is -2.11. The van der Waals surface area contributed by atoms with Crippen molar-refractivity contribution in [3.05, 3.63) is 224 Å². The summed E-state index contributed by atoms with van der Waals surface area (Å²) in [6, 6.07) is 55.6. The van der Waals surface area contributed by atoms with Crippen molar-refractivity contribution in [2.75, 3.05) is 0 Å². The molecule has 1 aromatic heterocycles. The zero-order valence-electron chi connectivity index (χ0n) is 30.4. The van der Waals surface area contributed by atoms with E-state index >= 15 is 0 Å². The van der Waals surface area contributed by atoms with Gasteiger partial charge in [0.05, 0.1) is 5.69 Å². The number of nitrogens with zero attached hydrogens (tertiary/aromatic N) is 2. The molecule has 0 fully saturated rings. The second-order valence-corrected chi connectivity index (χ2v) is 13.1. The SMILES string of the molecule is C=C/C=C(\C=C\c1cc(-c2ccccc2)cc(-c2ccccc2)c1)c1nccc(-c2cccc(-c3cc(/C=C/CCC=C)cc(-c4ccccc4)c3)c2)n1. The smallest absolute Gasteiger partial charge is 0.159 e. The summed E-state index contributed by atoms with van der Waals surface area (Å²) < 4.78 is 0. The maximum absolute atomic E-state index is 5.08. The molecule has 0 bridgehead atoms. The third-order valence-electron chi connectivity index (χ3n) is 9.24. The van der Waals surface area contributed by atoms with E-state index in [1.165, 1.54) is 27.8 Å². The molecule has 6 aromatic carbocycles. The Bertz CT molecular complexity index is 2400. The maximum Gasteiger partial charge on any atom is 0.159 e. The van der Waals surface area contributed by atoms with Crippen LogP contribution in [0.15, 0.2) is 207 Å². The van der Waals surface area contributed by atoms with Crippen LogP contribution in [-0.2, 0) is 0 Å². The highest BCUT2D eigenvalue weighted by molar-refractivity contribution is 5.83. The lowest BCUT2D eigenvalue weighted by atomic mass is 9.94. The largest absolute Gasteiger partial charge is 0.237 e. The highest BCUT2D eigenvalue weighted by Gasteiger charge is 2.10. The molecular formula is C52H42N2. The minimum Gasteiger partial charge on any atom is -0.237 e. The Balaban J connectivity index is 1.21. The van der Waals surface area contributed by atoms with E-state index in [1.54, 1.807) is 6.08 Å². The molecule has 7 rings (SSSR count). The van der Waals surface area contributed by atoms with Crippen molar-refractivity contribution >= 4 is 17.7 Å². The third kappa shape index (κ3) is 8.93. The Morgan fingerprint density at radius 1 is 0.481 bits per heavy atom. The second kappa shape index (κ2) is 17.5. The number of benzene rings is 6. The van der Waals surface area contributed by atoms with Gasteiger partial charge in [-0.05, 0) is 117 Å². The molecule has 0 aliphatic heterocycles. The minimum atomic E-state index is 0.634. The van der Waals surface area contributed by atoms with Crippen LogP contribution in [0, 0.1) is 0 Å². The van der Waals surface area contributed by atoms with Gasteiger partial charge < -0.3 is 0 Å². The predicted octanol–water partition coefficient (Wildman–Crippen LogP) is 14.1. The summed E-state index contributed by atoms with van der Waals surface area (Å²) in [5.74, 6) is 0.634. The Kier molecular flexibility index (Phi) is 11.5. The van der Waals surface area contributed by atoms with Crippen LogP contribution in [0.2, 0.25) is 0 Å². The molecule has 7 aromatic rings. The number of unbranched alkanes of at least 4 members (excludes halogenated alkanes) is 1. The van der Waals surface area contributed by atoms with Crippen molar-refractivity contribution in [1.82, 2.24) is 9.97 Å². The van der Waals surface area contributed by atoms with Crippen LogP contribution >= 0.6 is 0 Å². The van der Waals surface area contributed by atoms with E-state index in [1.807, 2.05) is 36.5 Å². The average molecular weight is 695 g/mol. The fourth-order valence-corrected chi connectivity index (χ4v) is 6.52. The summed E-state index contributed by atoms with van der Waals surface area (Å²) in [4.78, 5) is 9.80. The van der Waals surface area contributed by atoms with E-state index in [4.69, 9.17) is 9.97 Å². The van der Waals surface area contributed by atoms with Crippen molar-refractivity contribution in [2.24, 2.45) is 0 Å². The van der Waals surface area contributed by atoms with Crippen LogP contribution in [-0.4, -0.2) is 9.97 Å². The van der Waals surface area contributed by atoms with E-state index in [-0.39, 0.29) is 0 Å². The van der Waals surface area contributed by atoms with E-state index < -0.39 is 0 Å². The van der Waals surface area contributed by atoms with Gasteiger partial charge in [0.15, 0.2) is 5.82 Å². The molecule has 2 heteroatoms. The fourth-order valence-electron chi connectivity index (χ4n) is 6.52. The number of aromatic nitrogens is 2. The van der Waals surface area contributed by atoms with Gasteiger partial charge in [-0.1, -0.05) is 158 Å². The standard InChI is InChI=1S/C52H42N2/c1-3-5-6-10-19-39-32-47(41-20-11-7-12-21-41)38-50(33-39)45-26-17-27-46(36-45)51-30-31-53-52(54-51)44(18-4-2)29-28-40-34-48(42-22-13-8-14-23-42)37-49(35-40)43-24-15-9-16-25-43/h3-4,7-38H,1-2,5-6H2/b19-10+,29-28+,44-18+. The van der Waals surface area contributed by atoms with Crippen LogP contribution in [0.1, 0.15) is 29.8 Å². The van der Waals surface area contributed by atoms with E-state index in [9.17, 15) is 0 Å². The lowest BCUT2D eigenvalue weighted by molar-refractivity contribution is 1.06. The topological polar surface area (TPSA) is 25.8 Å². The van der Waals surface area contributed by atoms with Crippen molar-refractivity contribution in [1.29, 1.82) is 0 Å². The molecule has 0 unspecified atom stereocenters. The predicted molar refractivity (Wildman–Crippen MR) is 231 cm³/mol.